The van der Waals surface area contributed by atoms with Gasteiger partial charge in [0.1, 0.15) is 0 Å². The van der Waals surface area contributed by atoms with Crippen LogP contribution in [0.1, 0.15) is 32.1 Å². The van der Waals surface area contributed by atoms with Gasteiger partial charge in [-0.25, -0.2) is 4.39 Å². The first kappa shape index (κ1) is 13.7. The molecule has 1 amide bonds. The molecule has 1 unspecified atom stereocenters. The zero-order valence-corrected chi connectivity index (χ0v) is 11.0. The Morgan fingerprint density at radius 2 is 2.11 bits per heavy atom. The standard InChI is InChI=1S/C13H22FNO3/c1-18-10-12(4-2-5-12)11(17)15-7-3-6-13(14,8-15)9-16/h16H,2-10H2,1H3. The van der Waals surface area contributed by atoms with Crippen LogP contribution in [0.2, 0.25) is 0 Å². The van der Waals surface area contributed by atoms with Gasteiger partial charge in [0.15, 0.2) is 5.67 Å². The first-order valence-corrected chi connectivity index (χ1v) is 6.63. The van der Waals surface area contributed by atoms with Crippen molar-refractivity contribution in [3.63, 3.8) is 0 Å². The zero-order chi connectivity index (χ0) is 13.2. The fourth-order valence-electron chi connectivity index (χ4n) is 3.02. The minimum Gasteiger partial charge on any atom is -0.393 e. The molecule has 1 aliphatic carbocycles. The Morgan fingerprint density at radius 1 is 1.39 bits per heavy atom. The monoisotopic (exact) mass is 259 g/mol. The predicted octanol–water partition coefficient (Wildman–Crippen LogP) is 1.13. The van der Waals surface area contributed by atoms with Crippen LogP contribution < -0.4 is 0 Å². The Morgan fingerprint density at radius 3 is 2.61 bits per heavy atom. The number of rotatable bonds is 4. The van der Waals surface area contributed by atoms with Crippen LogP contribution in [0, 0.1) is 5.41 Å². The van der Waals surface area contributed by atoms with Crippen LogP contribution in [-0.2, 0) is 9.53 Å². The van der Waals surface area contributed by atoms with E-state index in [-0.39, 0.29) is 12.5 Å². The van der Waals surface area contributed by atoms with Gasteiger partial charge < -0.3 is 14.7 Å². The van der Waals surface area contributed by atoms with Crippen LogP contribution in [0.3, 0.4) is 0 Å². The molecule has 18 heavy (non-hydrogen) atoms. The SMILES string of the molecule is COCC1(C(=O)N2CCCC(F)(CO)C2)CCC1. The average Bonchev–Trinajstić information content (AvgIpc) is 2.33. The molecule has 0 aromatic carbocycles. The lowest BCUT2D eigenvalue weighted by atomic mass is 9.68. The number of alkyl halides is 1. The number of nitrogens with zero attached hydrogens (tertiary/aromatic N) is 1. The average molecular weight is 259 g/mol. The van der Waals surface area contributed by atoms with Gasteiger partial charge in [-0.3, -0.25) is 4.79 Å². The highest BCUT2D eigenvalue weighted by Crippen LogP contribution is 2.43. The molecule has 1 atom stereocenters. The lowest BCUT2D eigenvalue weighted by Gasteiger charge is -2.46. The summed E-state index contributed by atoms with van der Waals surface area (Å²) in [5.41, 5.74) is -2.05. The molecule has 0 aromatic rings. The summed E-state index contributed by atoms with van der Waals surface area (Å²) in [5.74, 6) is 0.00535. The molecule has 0 spiro atoms. The molecular formula is C13H22FNO3. The van der Waals surface area contributed by atoms with Crippen molar-refractivity contribution >= 4 is 5.91 Å². The maximum atomic E-state index is 14.1. The topological polar surface area (TPSA) is 49.8 Å². The largest absolute Gasteiger partial charge is 0.393 e. The minimum absolute atomic E-state index is 0.00535. The van der Waals surface area contributed by atoms with E-state index in [0.717, 1.165) is 19.3 Å². The van der Waals surface area contributed by atoms with Crippen molar-refractivity contribution in [1.29, 1.82) is 0 Å². The molecule has 4 nitrogen and oxygen atoms in total. The number of methoxy groups -OCH3 is 1. The van der Waals surface area contributed by atoms with Crippen molar-refractivity contribution in [3.8, 4) is 0 Å². The van der Waals surface area contributed by atoms with E-state index in [4.69, 9.17) is 9.84 Å². The first-order chi connectivity index (χ1) is 8.55. The van der Waals surface area contributed by atoms with Crippen LogP contribution in [0.5, 0.6) is 0 Å². The number of aliphatic hydroxyl groups is 1. The minimum atomic E-state index is -1.62. The fraction of sp³-hybridized carbons (Fsp3) is 0.923. The molecule has 2 aliphatic rings. The molecule has 0 radical (unpaired) electrons. The lowest BCUT2D eigenvalue weighted by molar-refractivity contribution is -0.157. The van der Waals surface area contributed by atoms with E-state index in [9.17, 15) is 9.18 Å². The van der Waals surface area contributed by atoms with E-state index in [0.29, 0.717) is 26.0 Å². The molecule has 2 rings (SSSR count). The predicted molar refractivity (Wildman–Crippen MR) is 64.9 cm³/mol. The van der Waals surface area contributed by atoms with Gasteiger partial charge in [0.2, 0.25) is 5.91 Å². The first-order valence-electron chi connectivity index (χ1n) is 6.63. The van der Waals surface area contributed by atoms with Gasteiger partial charge in [0.05, 0.1) is 25.2 Å². The van der Waals surface area contributed by atoms with E-state index < -0.39 is 17.7 Å². The zero-order valence-electron chi connectivity index (χ0n) is 11.0. The van der Waals surface area contributed by atoms with E-state index >= 15 is 0 Å². The van der Waals surface area contributed by atoms with Gasteiger partial charge in [-0.2, -0.15) is 0 Å². The molecule has 0 bridgehead atoms. The third-order valence-corrected chi connectivity index (χ3v) is 4.28. The number of amides is 1. The molecule has 1 N–H and O–H groups in total. The number of ether oxygens (including phenoxy) is 1. The number of hydrogen-bond acceptors (Lipinski definition) is 3. The highest BCUT2D eigenvalue weighted by molar-refractivity contribution is 5.84. The van der Waals surface area contributed by atoms with Gasteiger partial charge in [0.25, 0.3) is 0 Å². The van der Waals surface area contributed by atoms with Gasteiger partial charge in [-0.15, -0.1) is 0 Å². The number of halogens is 1. The van der Waals surface area contributed by atoms with Crippen molar-refractivity contribution < 1.29 is 19.0 Å². The second-order valence-corrected chi connectivity index (χ2v) is 5.71. The van der Waals surface area contributed by atoms with Crippen LogP contribution in [0.15, 0.2) is 0 Å². The van der Waals surface area contributed by atoms with Crippen molar-refractivity contribution in [2.45, 2.75) is 37.8 Å². The van der Waals surface area contributed by atoms with Crippen LogP contribution >= 0.6 is 0 Å². The summed E-state index contributed by atoms with van der Waals surface area (Å²) in [6.07, 6.45) is 3.64. The molecule has 2 fully saturated rings. The molecular weight excluding hydrogens is 237 g/mol. The third-order valence-electron chi connectivity index (χ3n) is 4.28. The Hall–Kier alpha value is -0.680. The second-order valence-electron chi connectivity index (χ2n) is 5.71. The number of likely N-dealkylation sites (tertiary alicyclic amines) is 1. The third kappa shape index (κ3) is 2.38. The van der Waals surface area contributed by atoms with Gasteiger partial charge >= 0.3 is 0 Å². The number of hydrogen-bond donors (Lipinski definition) is 1. The Labute approximate surface area is 107 Å². The highest BCUT2D eigenvalue weighted by atomic mass is 19.1. The molecule has 1 saturated heterocycles. The van der Waals surface area contributed by atoms with Crippen molar-refractivity contribution in [2.24, 2.45) is 5.41 Å². The summed E-state index contributed by atoms with van der Waals surface area (Å²) in [6, 6.07) is 0. The smallest absolute Gasteiger partial charge is 0.231 e. The molecule has 104 valence electrons. The van der Waals surface area contributed by atoms with Crippen LogP contribution in [0.4, 0.5) is 4.39 Å². The molecule has 1 saturated carbocycles. The number of aliphatic hydroxyl groups excluding tert-OH is 1. The summed E-state index contributed by atoms with van der Waals surface area (Å²) in [5, 5.41) is 9.09. The molecule has 5 heteroatoms. The Balaban J connectivity index is 2.04. The van der Waals surface area contributed by atoms with Gasteiger partial charge in [-0.05, 0) is 25.7 Å². The summed E-state index contributed by atoms with van der Waals surface area (Å²) < 4.78 is 19.3. The molecule has 1 aliphatic heterocycles. The van der Waals surface area contributed by atoms with E-state index in [1.807, 2.05) is 0 Å². The van der Waals surface area contributed by atoms with Crippen molar-refractivity contribution in [1.82, 2.24) is 4.90 Å². The van der Waals surface area contributed by atoms with Crippen LogP contribution in [0.25, 0.3) is 0 Å². The van der Waals surface area contributed by atoms with Crippen LogP contribution in [-0.4, -0.2) is 55.0 Å². The van der Waals surface area contributed by atoms with Crippen molar-refractivity contribution in [2.75, 3.05) is 33.4 Å². The maximum Gasteiger partial charge on any atom is 0.231 e. The lowest BCUT2D eigenvalue weighted by Crippen LogP contribution is -2.56. The molecule has 0 aromatic heterocycles. The Kier molecular flexibility index (Phi) is 3.92. The molecule has 1 heterocycles. The summed E-state index contributed by atoms with van der Waals surface area (Å²) >= 11 is 0. The quantitative estimate of drug-likeness (QED) is 0.823. The normalized spacial score (nSPS) is 30.9. The van der Waals surface area contributed by atoms with Crippen molar-refractivity contribution in [3.05, 3.63) is 0 Å². The second kappa shape index (κ2) is 5.13. The van der Waals surface area contributed by atoms with Gasteiger partial charge in [0, 0.05) is 13.7 Å². The summed E-state index contributed by atoms with van der Waals surface area (Å²) in [4.78, 5) is 14.1. The fourth-order valence-corrected chi connectivity index (χ4v) is 3.02. The number of carbonyl (C=O) groups is 1. The van der Waals surface area contributed by atoms with E-state index in [2.05, 4.69) is 0 Å². The van der Waals surface area contributed by atoms with E-state index in [1.54, 1.807) is 12.0 Å². The summed E-state index contributed by atoms with van der Waals surface area (Å²) in [6.45, 7) is 0.526. The maximum absolute atomic E-state index is 14.1. The highest BCUT2D eigenvalue weighted by Gasteiger charge is 2.48. The van der Waals surface area contributed by atoms with E-state index in [1.165, 1.54) is 0 Å². The number of piperidine rings is 1. The van der Waals surface area contributed by atoms with Gasteiger partial charge in [-0.1, -0.05) is 6.42 Å². The summed E-state index contributed by atoms with van der Waals surface area (Å²) in [7, 11) is 1.59. The number of carbonyl (C=O) groups excluding carboxylic acids is 1. The Bertz CT molecular complexity index is 319.